The molecule has 0 unspecified atom stereocenters. The summed E-state index contributed by atoms with van der Waals surface area (Å²) in [5.74, 6) is -76.2. The first-order chi connectivity index (χ1) is 18.3. The standard InChI is InChI=1S/C21H23F21/c1-2-3-4-5-6-7-8-9-10-11-12(22,23)13(24,25)14(26,27)15(28,29)16(30,31)17(32,33)18(34,35)19(36,37)20(38,39)21(40,41)42/h2-11H2,1H3. The smallest absolute Gasteiger partial charge is 0.200 e. The van der Waals surface area contributed by atoms with E-state index in [4.69, 9.17) is 0 Å². The second-order valence-corrected chi connectivity index (χ2v) is 9.38. The van der Waals surface area contributed by atoms with Gasteiger partial charge in [0.2, 0.25) is 0 Å². The van der Waals surface area contributed by atoms with Crippen molar-refractivity contribution in [3.63, 3.8) is 0 Å². The van der Waals surface area contributed by atoms with Gasteiger partial charge in [0, 0.05) is 6.42 Å². The van der Waals surface area contributed by atoms with Crippen LogP contribution in [0.2, 0.25) is 0 Å². The first kappa shape index (κ1) is 40.5. The van der Waals surface area contributed by atoms with Crippen LogP contribution in [0.4, 0.5) is 92.2 Å². The fourth-order valence-corrected chi connectivity index (χ4v) is 3.41. The third kappa shape index (κ3) is 6.48. The zero-order valence-electron chi connectivity index (χ0n) is 21.0. The van der Waals surface area contributed by atoms with Crippen LogP contribution < -0.4 is 0 Å². The molecule has 0 nitrogen and oxygen atoms in total. The lowest BCUT2D eigenvalue weighted by Crippen LogP contribution is -2.76. The minimum atomic E-state index is -9.13. The van der Waals surface area contributed by atoms with Gasteiger partial charge in [0.1, 0.15) is 0 Å². The van der Waals surface area contributed by atoms with Crippen LogP contribution in [0, 0.1) is 0 Å². The molecule has 21 heteroatoms. The van der Waals surface area contributed by atoms with Crippen molar-refractivity contribution in [1.82, 2.24) is 0 Å². The molecule has 0 radical (unpaired) electrons. The highest BCUT2D eigenvalue weighted by Crippen LogP contribution is 2.66. The Labute approximate surface area is 224 Å². The summed E-state index contributed by atoms with van der Waals surface area (Å²) in [4.78, 5) is 0. The van der Waals surface area contributed by atoms with Crippen LogP contribution in [0.1, 0.15) is 71.1 Å². The minimum absolute atomic E-state index is 0.0174. The molecule has 0 N–H and O–H groups in total. The van der Waals surface area contributed by atoms with Gasteiger partial charge in [0.05, 0.1) is 0 Å². The van der Waals surface area contributed by atoms with Crippen molar-refractivity contribution < 1.29 is 92.2 Å². The summed E-state index contributed by atoms with van der Waals surface area (Å²) in [6.07, 6.45) is -8.28. The van der Waals surface area contributed by atoms with Gasteiger partial charge in [0.25, 0.3) is 0 Å². The lowest BCUT2D eigenvalue weighted by molar-refractivity contribution is -0.474. The highest BCUT2D eigenvalue weighted by molar-refractivity contribution is 5.17. The average molecular weight is 674 g/mol. The predicted octanol–water partition coefficient (Wildman–Crippen LogP) is 11.2. The zero-order valence-corrected chi connectivity index (χ0v) is 21.0. The van der Waals surface area contributed by atoms with E-state index in [2.05, 4.69) is 0 Å². The van der Waals surface area contributed by atoms with Crippen LogP contribution in [0.3, 0.4) is 0 Å². The fraction of sp³-hybridized carbons (Fsp3) is 1.00. The fourth-order valence-electron chi connectivity index (χ4n) is 3.41. The molecule has 0 saturated heterocycles. The van der Waals surface area contributed by atoms with Gasteiger partial charge >= 0.3 is 59.5 Å². The Morgan fingerprint density at radius 1 is 0.286 bits per heavy atom. The molecule has 0 heterocycles. The Bertz CT molecular complexity index is 855. The molecule has 0 aliphatic carbocycles. The Balaban J connectivity index is 6.21. The highest BCUT2D eigenvalue weighted by atomic mass is 19.4. The summed E-state index contributed by atoms with van der Waals surface area (Å²) in [5, 5.41) is 0. The van der Waals surface area contributed by atoms with Crippen molar-refractivity contribution in [3.8, 4) is 0 Å². The summed E-state index contributed by atoms with van der Waals surface area (Å²) in [6.45, 7) is 1.87. The summed E-state index contributed by atoms with van der Waals surface area (Å²) in [5.41, 5.74) is 0. The van der Waals surface area contributed by atoms with Gasteiger partial charge < -0.3 is 0 Å². The quantitative estimate of drug-likeness (QED) is 0.100. The second-order valence-electron chi connectivity index (χ2n) is 9.38. The van der Waals surface area contributed by atoms with Gasteiger partial charge in [-0.05, 0) is 6.42 Å². The molecular weight excluding hydrogens is 651 g/mol. The average Bonchev–Trinajstić information content (AvgIpc) is 2.81. The molecule has 0 fully saturated rings. The number of alkyl halides is 21. The van der Waals surface area contributed by atoms with E-state index in [1.54, 1.807) is 0 Å². The third-order valence-corrected chi connectivity index (χ3v) is 6.17. The zero-order chi connectivity index (χ0) is 34.1. The van der Waals surface area contributed by atoms with Crippen LogP contribution >= 0.6 is 0 Å². The maximum absolute atomic E-state index is 13.9. The Kier molecular flexibility index (Phi) is 12.1. The van der Waals surface area contributed by atoms with Crippen LogP contribution in [0.25, 0.3) is 0 Å². The molecule has 0 aromatic rings. The van der Waals surface area contributed by atoms with Gasteiger partial charge in [-0.2, -0.15) is 92.2 Å². The molecule has 0 rings (SSSR count). The van der Waals surface area contributed by atoms with Crippen molar-refractivity contribution in [3.05, 3.63) is 0 Å². The van der Waals surface area contributed by atoms with E-state index in [9.17, 15) is 92.2 Å². The van der Waals surface area contributed by atoms with E-state index < -0.39 is 78.7 Å². The highest BCUT2D eigenvalue weighted by Gasteiger charge is 2.97. The molecular formula is C21H23F21. The lowest BCUT2D eigenvalue weighted by Gasteiger charge is -2.44. The Hall–Kier alpha value is -1.47. The maximum atomic E-state index is 13.9. The predicted molar refractivity (Wildman–Crippen MR) is 102 cm³/mol. The van der Waals surface area contributed by atoms with E-state index in [0.717, 1.165) is 19.3 Å². The number of unbranched alkanes of at least 4 members (excludes halogenated alkanes) is 8. The Morgan fingerprint density at radius 3 is 0.810 bits per heavy atom. The number of halogens is 21. The Morgan fingerprint density at radius 2 is 0.524 bits per heavy atom. The van der Waals surface area contributed by atoms with Gasteiger partial charge in [-0.3, -0.25) is 0 Å². The summed E-state index contributed by atoms with van der Waals surface area (Å²) in [7, 11) is 0. The summed E-state index contributed by atoms with van der Waals surface area (Å²) < 4.78 is 280. The molecule has 0 aromatic heterocycles. The third-order valence-electron chi connectivity index (χ3n) is 6.17. The first-order valence-electron chi connectivity index (χ1n) is 11.8. The van der Waals surface area contributed by atoms with E-state index >= 15 is 0 Å². The number of hydrogen-bond donors (Lipinski definition) is 0. The molecule has 0 aliphatic rings. The maximum Gasteiger partial charge on any atom is 0.460 e. The van der Waals surface area contributed by atoms with Crippen LogP contribution in [-0.4, -0.2) is 59.5 Å². The van der Waals surface area contributed by atoms with Crippen LogP contribution in [-0.2, 0) is 0 Å². The second kappa shape index (κ2) is 12.5. The number of rotatable bonds is 18. The lowest BCUT2D eigenvalue weighted by atomic mass is 9.85. The van der Waals surface area contributed by atoms with Gasteiger partial charge in [-0.1, -0.05) is 58.3 Å². The summed E-state index contributed by atoms with van der Waals surface area (Å²) in [6, 6.07) is 0. The molecule has 254 valence electrons. The molecule has 0 atom stereocenters. The van der Waals surface area contributed by atoms with Gasteiger partial charge in [-0.15, -0.1) is 0 Å². The van der Waals surface area contributed by atoms with Crippen molar-refractivity contribution in [2.24, 2.45) is 0 Å². The van der Waals surface area contributed by atoms with Crippen molar-refractivity contribution in [2.75, 3.05) is 0 Å². The monoisotopic (exact) mass is 674 g/mol. The topological polar surface area (TPSA) is 0 Å². The van der Waals surface area contributed by atoms with E-state index in [1.807, 2.05) is 6.92 Å². The molecule has 0 saturated carbocycles. The molecule has 0 aromatic carbocycles. The first-order valence-corrected chi connectivity index (χ1v) is 11.8. The van der Waals surface area contributed by atoms with Gasteiger partial charge in [0.15, 0.2) is 0 Å². The van der Waals surface area contributed by atoms with Crippen molar-refractivity contribution in [2.45, 2.75) is 131 Å². The number of hydrogen-bond acceptors (Lipinski definition) is 0. The normalized spacial score (nSPS) is 15.9. The van der Waals surface area contributed by atoms with E-state index in [-0.39, 0.29) is 12.8 Å². The largest absolute Gasteiger partial charge is 0.460 e. The SMILES string of the molecule is CCCCCCCCCCCC(F)(F)C(F)(F)C(F)(F)C(F)(F)C(F)(F)C(F)(F)C(F)(F)C(F)(F)C(F)(F)C(F)(F)F. The molecule has 0 amide bonds. The van der Waals surface area contributed by atoms with Gasteiger partial charge in [-0.25, -0.2) is 0 Å². The van der Waals surface area contributed by atoms with Crippen molar-refractivity contribution >= 4 is 0 Å². The van der Waals surface area contributed by atoms with Crippen LogP contribution in [0.15, 0.2) is 0 Å². The molecule has 0 spiro atoms. The van der Waals surface area contributed by atoms with Crippen molar-refractivity contribution in [1.29, 1.82) is 0 Å². The molecule has 0 aliphatic heterocycles. The van der Waals surface area contributed by atoms with E-state index in [1.165, 1.54) is 0 Å². The molecule has 0 bridgehead atoms. The minimum Gasteiger partial charge on any atom is -0.200 e. The summed E-state index contributed by atoms with van der Waals surface area (Å²) >= 11 is 0. The van der Waals surface area contributed by atoms with E-state index in [0.29, 0.717) is 12.8 Å². The van der Waals surface area contributed by atoms with Crippen LogP contribution in [0.5, 0.6) is 0 Å². The molecule has 42 heavy (non-hydrogen) atoms.